The summed E-state index contributed by atoms with van der Waals surface area (Å²) < 4.78 is 69.5. The lowest BCUT2D eigenvalue weighted by Crippen LogP contribution is -2.37. The molecule has 0 aliphatic heterocycles. The van der Waals surface area contributed by atoms with E-state index < -0.39 is 39.9 Å². The summed E-state index contributed by atoms with van der Waals surface area (Å²) in [5.41, 5.74) is -1.66. The van der Waals surface area contributed by atoms with Gasteiger partial charge in [0.25, 0.3) is 0 Å². The van der Waals surface area contributed by atoms with Gasteiger partial charge in [0, 0.05) is 5.02 Å². The summed E-state index contributed by atoms with van der Waals surface area (Å²) in [6.45, 7) is -0.776. The molecule has 0 fully saturated rings. The second kappa shape index (κ2) is 8.68. The van der Waals surface area contributed by atoms with Gasteiger partial charge in [-0.3, -0.25) is 9.10 Å². The summed E-state index contributed by atoms with van der Waals surface area (Å²) in [5.74, 6) is -0.709. The molecule has 29 heavy (non-hydrogen) atoms. The SMILES string of the molecule is COc1ccc(N(CC(=O)Nc2ccc(Cl)cc2C(F)(F)F)S(C)(=O)=O)cc1Cl. The summed E-state index contributed by atoms with van der Waals surface area (Å²) in [7, 11) is -2.59. The van der Waals surface area contributed by atoms with Crippen molar-refractivity contribution in [2.45, 2.75) is 6.18 Å². The van der Waals surface area contributed by atoms with Gasteiger partial charge < -0.3 is 10.1 Å². The second-order valence-electron chi connectivity index (χ2n) is 5.82. The highest BCUT2D eigenvalue weighted by Gasteiger charge is 2.34. The number of hydrogen-bond acceptors (Lipinski definition) is 4. The Hall–Kier alpha value is -2.17. The van der Waals surface area contributed by atoms with Gasteiger partial charge in [-0.15, -0.1) is 0 Å². The first-order chi connectivity index (χ1) is 13.3. The van der Waals surface area contributed by atoms with Crippen molar-refractivity contribution in [3.8, 4) is 5.75 Å². The Kier molecular flexibility index (Phi) is 6.92. The molecule has 158 valence electrons. The molecule has 0 saturated heterocycles. The predicted molar refractivity (Wildman–Crippen MR) is 105 cm³/mol. The average Bonchev–Trinajstić information content (AvgIpc) is 2.59. The van der Waals surface area contributed by atoms with E-state index in [1.165, 1.54) is 31.4 Å². The minimum Gasteiger partial charge on any atom is -0.495 e. The maximum absolute atomic E-state index is 13.2. The number of benzene rings is 2. The van der Waals surface area contributed by atoms with Crippen LogP contribution in [-0.4, -0.2) is 34.2 Å². The highest BCUT2D eigenvalue weighted by Crippen LogP contribution is 2.36. The summed E-state index contributed by atoms with van der Waals surface area (Å²) in [4.78, 5) is 12.3. The Bertz CT molecular complexity index is 1030. The van der Waals surface area contributed by atoms with Crippen LogP contribution in [0.15, 0.2) is 36.4 Å². The summed E-state index contributed by atoms with van der Waals surface area (Å²) in [5, 5.41) is 2.00. The third-order valence-corrected chi connectivity index (χ3v) is 5.34. The smallest absolute Gasteiger partial charge is 0.418 e. The number of nitrogens with one attached hydrogen (secondary N) is 1. The van der Waals surface area contributed by atoms with Crippen LogP contribution in [0.2, 0.25) is 10.0 Å². The molecule has 1 N–H and O–H groups in total. The second-order valence-corrected chi connectivity index (χ2v) is 8.57. The molecular weight excluding hydrogens is 456 g/mol. The molecular formula is C17H15Cl2F3N2O4S. The lowest BCUT2D eigenvalue weighted by atomic mass is 10.1. The van der Waals surface area contributed by atoms with E-state index in [-0.39, 0.29) is 21.5 Å². The first-order valence-electron chi connectivity index (χ1n) is 7.81. The number of carbonyl (C=O) groups is 1. The Morgan fingerprint density at radius 3 is 2.34 bits per heavy atom. The lowest BCUT2D eigenvalue weighted by molar-refractivity contribution is -0.137. The van der Waals surface area contributed by atoms with Gasteiger partial charge >= 0.3 is 6.18 Å². The number of nitrogens with zero attached hydrogens (tertiary/aromatic N) is 1. The fourth-order valence-corrected chi connectivity index (χ4v) is 3.66. The van der Waals surface area contributed by atoms with E-state index in [0.717, 1.165) is 12.3 Å². The van der Waals surface area contributed by atoms with Crippen LogP contribution in [0.5, 0.6) is 5.75 Å². The minimum atomic E-state index is -4.77. The van der Waals surface area contributed by atoms with E-state index in [1.807, 2.05) is 0 Å². The average molecular weight is 471 g/mol. The predicted octanol–water partition coefficient (Wildman–Crippen LogP) is 4.43. The molecule has 0 radical (unpaired) electrons. The van der Waals surface area contributed by atoms with Crippen LogP contribution in [0, 0.1) is 0 Å². The Balaban J connectivity index is 2.33. The fourth-order valence-electron chi connectivity index (χ4n) is 2.39. The molecule has 0 spiro atoms. The molecule has 0 unspecified atom stereocenters. The zero-order valence-electron chi connectivity index (χ0n) is 15.0. The number of halogens is 5. The number of methoxy groups -OCH3 is 1. The van der Waals surface area contributed by atoms with Gasteiger partial charge in [-0.2, -0.15) is 13.2 Å². The Morgan fingerprint density at radius 1 is 1.17 bits per heavy atom. The van der Waals surface area contributed by atoms with Crippen LogP contribution in [0.4, 0.5) is 24.5 Å². The van der Waals surface area contributed by atoms with Crippen molar-refractivity contribution < 1.29 is 31.1 Å². The van der Waals surface area contributed by atoms with Crippen LogP contribution in [0.25, 0.3) is 0 Å². The summed E-state index contributed by atoms with van der Waals surface area (Å²) in [6.07, 6.45) is -3.92. The van der Waals surface area contributed by atoms with E-state index in [4.69, 9.17) is 27.9 Å². The molecule has 12 heteroatoms. The third-order valence-electron chi connectivity index (χ3n) is 3.67. The molecule has 1 amide bonds. The zero-order valence-corrected chi connectivity index (χ0v) is 17.4. The van der Waals surface area contributed by atoms with E-state index >= 15 is 0 Å². The van der Waals surface area contributed by atoms with Crippen molar-refractivity contribution in [2.75, 3.05) is 29.5 Å². The van der Waals surface area contributed by atoms with Gasteiger partial charge in [-0.25, -0.2) is 8.42 Å². The number of sulfonamides is 1. The maximum atomic E-state index is 13.2. The number of hydrogen-bond donors (Lipinski definition) is 1. The third kappa shape index (κ3) is 5.91. The van der Waals surface area contributed by atoms with E-state index in [0.29, 0.717) is 10.4 Å². The summed E-state index contributed by atoms with van der Waals surface area (Å²) >= 11 is 11.6. The topological polar surface area (TPSA) is 75.7 Å². The van der Waals surface area contributed by atoms with Gasteiger partial charge in [0.2, 0.25) is 15.9 Å². The van der Waals surface area contributed by atoms with Crippen molar-refractivity contribution in [1.29, 1.82) is 0 Å². The van der Waals surface area contributed by atoms with Gasteiger partial charge in [0.15, 0.2) is 0 Å². The molecule has 0 aromatic heterocycles. The van der Waals surface area contributed by atoms with Crippen molar-refractivity contribution in [2.24, 2.45) is 0 Å². The number of amides is 1. The zero-order chi connectivity index (χ0) is 22.0. The van der Waals surface area contributed by atoms with Crippen LogP contribution in [0.1, 0.15) is 5.56 Å². The molecule has 0 atom stereocenters. The maximum Gasteiger partial charge on any atom is 0.418 e. The number of carbonyl (C=O) groups excluding carboxylic acids is 1. The summed E-state index contributed by atoms with van der Waals surface area (Å²) in [6, 6.07) is 6.83. The lowest BCUT2D eigenvalue weighted by Gasteiger charge is -2.23. The molecule has 6 nitrogen and oxygen atoms in total. The quantitative estimate of drug-likeness (QED) is 0.677. The number of rotatable bonds is 6. The van der Waals surface area contributed by atoms with Crippen molar-refractivity contribution in [3.05, 3.63) is 52.0 Å². The fraction of sp³-hybridized carbons (Fsp3) is 0.235. The van der Waals surface area contributed by atoms with Crippen LogP contribution < -0.4 is 14.4 Å². The van der Waals surface area contributed by atoms with E-state index in [9.17, 15) is 26.4 Å². The molecule has 2 aromatic rings. The highest BCUT2D eigenvalue weighted by atomic mass is 35.5. The highest BCUT2D eigenvalue weighted by molar-refractivity contribution is 7.92. The number of anilines is 2. The monoisotopic (exact) mass is 470 g/mol. The Labute approximate surface area is 175 Å². The molecule has 0 heterocycles. The van der Waals surface area contributed by atoms with Crippen LogP contribution >= 0.6 is 23.2 Å². The first kappa shape index (κ1) is 23.1. The largest absolute Gasteiger partial charge is 0.495 e. The van der Waals surface area contributed by atoms with E-state index in [1.54, 1.807) is 0 Å². The van der Waals surface area contributed by atoms with E-state index in [2.05, 4.69) is 5.32 Å². The molecule has 0 saturated carbocycles. The van der Waals surface area contributed by atoms with Crippen molar-refractivity contribution in [1.82, 2.24) is 0 Å². The number of ether oxygens (including phenoxy) is 1. The van der Waals surface area contributed by atoms with Crippen LogP contribution in [0.3, 0.4) is 0 Å². The Morgan fingerprint density at radius 2 is 1.83 bits per heavy atom. The molecule has 2 rings (SSSR count). The van der Waals surface area contributed by atoms with Gasteiger partial charge in [-0.1, -0.05) is 23.2 Å². The van der Waals surface area contributed by atoms with Gasteiger partial charge in [0.1, 0.15) is 12.3 Å². The standard InChI is InChI=1S/C17H15Cl2F3N2O4S/c1-28-15-6-4-11(8-13(15)19)24(29(2,26)27)9-16(25)23-14-5-3-10(18)7-12(14)17(20,21)22/h3-8H,9H2,1-2H3,(H,23,25). The normalized spacial score (nSPS) is 11.8. The molecule has 0 bridgehead atoms. The van der Waals surface area contributed by atoms with Crippen LogP contribution in [-0.2, 0) is 21.0 Å². The number of alkyl halides is 3. The molecule has 2 aromatic carbocycles. The van der Waals surface area contributed by atoms with Gasteiger partial charge in [-0.05, 0) is 36.4 Å². The van der Waals surface area contributed by atoms with Crippen molar-refractivity contribution >= 4 is 50.5 Å². The minimum absolute atomic E-state index is 0.0422. The molecule has 0 aliphatic rings. The van der Waals surface area contributed by atoms with Gasteiger partial charge in [0.05, 0.1) is 35.3 Å². The first-order valence-corrected chi connectivity index (χ1v) is 10.4. The molecule has 0 aliphatic carbocycles. The van der Waals surface area contributed by atoms with Crippen molar-refractivity contribution in [3.63, 3.8) is 0 Å².